The number of hydrogen-bond acceptors (Lipinski definition) is 6. The number of aromatic nitrogens is 2. The monoisotopic (exact) mass is 320 g/mol. The van der Waals surface area contributed by atoms with Crippen LogP contribution in [0.5, 0.6) is 0 Å². The maximum Gasteiger partial charge on any atom is 0.275 e. The number of nitrogens with one attached hydrogen (secondary N) is 1. The van der Waals surface area contributed by atoms with Crippen LogP contribution in [0.4, 0.5) is 0 Å². The molecule has 3 rings (SSSR count). The van der Waals surface area contributed by atoms with Gasteiger partial charge in [0.1, 0.15) is 4.70 Å². The average molecular weight is 320 g/mol. The Labute approximate surface area is 127 Å². The minimum Gasteiger partial charge on any atom is -0.293 e. The van der Waals surface area contributed by atoms with Gasteiger partial charge in [0.2, 0.25) is 0 Å². The highest BCUT2D eigenvalue weighted by Crippen LogP contribution is 2.22. The van der Waals surface area contributed by atoms with Crippen molar-refractivity contribution >= 4 is 38.8 Å². The van der Waals surface area contributed by atoms with Crippen LogP contribution >= 0.6 is 22.7 Å². The van der Waals surface area contributed by atoms with Crippen LogP contribution in [0, 0.1) is 6.92 Å². The van der Waals surface area contributed by atoms with E-state index in [1.165, 1.54) is 29.0 Å². The fraction of sp³-hybridized carbons (Fsp3) is 0.154. The third-order valence-corrected chi connectivity index (χ3v) is 5.14. The highest BCUT2D eigenvalue weighted by molar-refractivity contribution is 7.17. The van der Waals surface area contributed by atoms with Crippen molar-refractivity contribution in [3.8, 4) is 0 Å². The second-order valence-corrected chi connectivity index (χ2v) is 6.65. The zero-order chi connectivity index (χ0) is 15.0. The number of rotatable bonds is 3. The van der Waals surface area contributed by atoms with Crippen LogP contribution < -0.4 is 16.8 Å². The first-order valence-electron chi connectivity index (χ1n) is 6.13. The second kappa shape index (κ2) is 5.40. The van der Waals surface area contributed by atoms with E-state index in [1.54, 1.807) is 10.6 Å². The van der Waals surface area contributed by atoms with Crippen LogP contribution in [0.25, 0.3) is 10.2 Å². The van der Waals surface area contributed by atoms with Gasteiger partial charge < -0.3 is 0 Å². The topological polar surface area (TPSA) is 90.0 Å². The number of carbonyl (C=O) groups excluding carboxylic acids is 1. The van der Waals surface area contributed by atoms with E-state index in [4.69, 9.17) is 5.84 Å². The molecule has 0 saturated heterocycles. The number of nitrogens with zero attached hydrogens (tertiary/aromatic N) is 2. The van der Waals surface area contributed by atoms with E-state index >= 15 is 0 Å². The Bertz CT molecular complexity index is 878. The van der Waals surface area contributed by atoms with E-state index in [2.05, 4.69) is 10.4 Å². The number of fused-ring (bicyclic) bond motifs is 1. The molecular formula is C13H12N4O2S2. The van der Waals surface area contributed by atoms with Gasteiger partial charge in [-0.05, 0) is 30.0 Å². The normalized spacial score (nSPS) is 11.0. The molecule has 3 N–H and O–H groups in total. The van der Waals surface area contributed by atoms with E-state index in [0.717, 1.165) is 10.4 Å². The van der Waals surface area contributed by atoms with Crippen molar-refractivity contribution in [3.05, 3.63) is 49.5 Å². The molecule has 0 spiro atoms. The molecule has 0 fully saturated rings. The summed E-state index contributed by atoms with van der Waals surface area (Å²) in [7, 11) is 0. The zero-order valence-electron chi connectivity index (χ0n) is 11.1. The van der Waals surface area contributed by atoms with Crippen LogP contribution in [0.3, 0.4) is 0 Å². The highest BCUT2D eigenvalue weighted by atomic mass is 32.1. The van der Waals surface area contributed by atoms with Crippen molar-refractivity contribution in [3.63, 3.8) is 0 Å². The van der Waals surface area contributed by atoms with Crippen LogP contribution in [0.2, 0.25) is 0 Å². The Morgan fingerprint density at radius 2 is 2.33 bits per heavy atom. The second-order valence-electron chi connectivity index (χ2n) is 4.48. The number of thiophene rings is 2. The lowest BCUT2D eigenvalue weighted by molar-refractivity contribution is 0.0957. The zero-order valence-corrected chi connectivity index (χ0v) is 12.8. The van der Waals surface area contributed by atoms with E-state index in [0.29, 0.717) is 21.6 Å². The van der Waals surface area contributed by atoms with Crippen molar-refractivity contribution < 1.29 is 4.79 Å². The molecule has 8 heteroatoms. The van der Waals surface area contributed by atoms with E-state index in [-0.39, 0.29) is 11.5 Å². The van der Waals surface area contributed by atoms with E-state index in [9.17, 15) is 9.59 Å². The fourth-order valence-electron chi connectivity index (χ4n) is 2.03. The van der Waals surface area contributed by atoms with Gasteiger partial charge in [-0.3, -0.25) is 19.6 Å². The van der Waals surface area contributed by atoms with Crippen molar-refractivity contribution in [2.75, 3.05) is 0 Å². The van der Waals surface area contributed by atoms with Gasteiger partial charge in [0.15, 0.2) is 0 Å². The number of nitrogen functional groups attached to an aromatic ring is 1. The first-order chi connectivity index (χ1) is 10.1. The number of amides is 1. The van der Waals surface area contributed by atoms with Gasteiger partial charge in [-0.2, -0.15) is 0 Å². The Morgan fingerprint density at radius 1 is 1.52 bits per heavy atom. The van der Waals surface area contributed by atoms with Crippen molar-refractivity contribution in [1.29, 1.82) is 0 Å². The van der Waals surface area contributed by atoms with Gasteiger partial charge in [-0.1, -0.05) is 0 Å². The molecule has 3 aromatic heterocycles. The summed E-state index contributed by atoms with van der Waals surface area (Å²) in [5.74, 6) is 4.81. The Kier molecular flexibility index (Phi) is 3.58. The molecule has 0 aliphatic heterocycles. The van der Waals surface area contributed by atoms with E-state index < -0.39 is 0 Å². The Morgan fingerprint density at radius 3 is 3.10 bits per heavy atom. The molecule has 1 amide bonds. The number of hydrogen-bond donors (Lipinski definition) is 2. The number of hydrazine groups is 1. The summed E-state index contributed by atoms with van der Waals surface area (Å²) in [5.41, 5.74) is 3.68. The maximum absolute atomic E-state index is 12.3. The minimum absolute atomic E-state index is 0.0644. The lowest BCUT2D eigenvalue weighted by atomic mass is 10.2. The molecule has 0 aliphatic carbocycles. The number of nitrogens with two attached hydrogens (primary N) is 1. The molecule has 21 heavy (non-hydrogen) atoms. The van der Waals surface area contributed by atoms with Crippen LogP contribution in [0.15, 0.2) is 28.6 Å². The average Bonchev–Trinajstić information content (AvgIpc) is 3.09. The van der Waals surface area contributed by atoms with Crippen molar-refractivity contribution in [2.24, 2.45) is 5.84 Å². The SMILES string of the molecule is Cc1sc(C(=O)NN)cc1Cn1cnc2ccsc2c1=O. The predicted octanol–water partition coefficient (Wildman–Crippen LogP) is 1.48. The molecule has 0 saturated carbocycles. The fourth-order valence-corrected chi connectivity index (χ4v) is 3.76. The molecule has 0 radical (unpaired) electrons. The summed E-state index contributed by atoms with van der Waals surface area (Å²) in [4.78, 5) is 29.6. The molecule has 6 nitrogen and oxygen atoms in total. The Balaban J connectivity index is 1.98. The van der Waals surface area contributed by atoms with Gasteiger partial charge in [0.25, 0.3) is 11.5 Å². The minimum atomic E-state index is -0.325. The molecule has 0 aliphatic rings. The molecule has 3 aromatic rings. The van der Waals surface area contributed by atoms with Crippen LogP contribution in [-0.2, 0) is 6.54 Å². The number of carbonyl (C=O) groups is 1. The summed E-state index contributed by atoms with van der Waals surface area (Å²) >= 11 is 2.73. The molecule has 0 aromatic carbocycles. The summed E-state index contributed by atoms with van der Waals surface area (Å²) in [6.07, 6.45) is 1.54. The third kappa shape index (κ3) is 2.48. The molecule has 0 atom stereocenters. The summed E-state index contributed by atoms with van der Waals surface area (Å²) in [6, 6.07) is 3.58. The first-order valence-corrected chi connectivity index (χ1v) is 7.82. The van der Waals surface area contributed by atoms with E-state index in [1.807, 2.05) is 18.4 Å². The van der Waals surface area contributed by atoms with Crippen molar-refractivity contribution in [2.45, 2.75) is 13.5 Å². The van der Waals surface area contributed by atoms with Crippen LogP contribution in [0.1, 0.15) is 20.1 Å². The molecular weight excluding hydrogens is 308 g/mol. The number of aryl methyl sites for hydroxylation is 1. The smallest absolute Gasteiger partial charge is 0.275 e. The lowest BCUT2D eigenvalue weighted by Gasteiger charge is -2.04. The van der Waals surface area contributed by atoms with Gasteiger partial charge in [-0.25, -0.2) is 10.8 Å². The van der Waals surface area contributed by atoms with Crippen molar-refractivity contribution in [1.82, 2.24) is 15.0 Å². The largest absolute Gasteiger partial charge is 0.293 e. The highest BCUT2D eigenvalue weighted by Gasteiger charge is 2.13. The predicted molar refractivity (Wildman–Crippen MR) is 83.7 cm³/mol. The summed E-state index contributed by atoms with van der Waals surface area (Å²) in [5, 5.41) is 1.85. The quantitative estimate of drug-likeness (QED) is 0.434. The molecule has 108 valence electrons. The first kappa shape index (κ1) is 13.9. The van der Waals surface area contributed by atoms with Gasteiger partial charge in [0.05, 0.1) is 23.3 Å². The molecule has 0 bridgehead atoms. The van der Waals surface area contributed by atoms with Gasteiger partial charge >= 0.3 is 0 Å². The Hall–Kier alpha value is -2.03. The molecule has 3 heterocycles. The summed E-state index contributed by atoms with van der Waals surface area (Å²) in [6.45, 7) is 2.30. The van der Waals surface area contributed by atoms with Crippen LogP contribution in [-0.4, -0.2) is 15.5 Å². The van der Waals surface area contributed by atoms with Gasteiger partial charge in [0, 0.05) is 4.88 Å². The summed E-state index contributed by atoms with van der Waals surface area (Å²) < 4.78 is 2.20. The maximum atomic E-state index is 12.3. The standard InChI is InChI=1S/C13H12N4O2S2/c1-7-8(4-10(21-7)12(18)16-14)5-17-6-15-9-2-3-20-11(9)13(17)19/h2-4,6H,5,14H2,1H3,(H,16,18). The third-order valence-electron chi connectivity index (χ3n) is 3.15. The van der Waals surface area contributed by atoms with Gasteiger partial charge in [-0.15, -0.1) is 22.7 Å². The molecule has 0 unspecified atom stereocenters. The lowest BCUT2D eigenvalue weighted by Crippen LogP contribution is -2.29.